The highest BCUT2D eigenvalue weighted by molar-refractivity contribution is 7.89. The summed E-state index contributed by atoms with van der Waals surface area (Å²) in [5.74, 6) is 1.03. The number of nitrogens with zero attached hydrogens (tertiary/aromatic N) is 1. The zero-order valence-electron chi connectivity index (χ0n) is 17.5. The summed E-state index contributed by atoms with van der Waals surface area (Å²) in [5.41, 5.74) is 3.90. The van der Waals surface area contributed by atoms with Crippen LogP contribution >= 0.6 is 0 Å². The van der Waals surface area contributed by atoms with Gasteiger partial charge < -0.3 is 9.47 Å². The quantitative estimate of drug-likeness (QED) is 0.573. The lowest BCUT2D eigenvalue weighted by molar-refractivity contribution is 0.177. The molecule has 3 aromatic carbocycles. The summed E-state index contributed by atoms with van der Waals surface area (Å²) >= 11 is 0. The first-order valence-electron chi connectivity index (χ1n) is 10.7. The van der Waals surface area contributed by atoms with E-state index in [2.05, 4.69) is 0 Å². The molecule has 1 aliphatic carbocycles. The maximum atomic E-state index is 13.5. The van der Waals surface area contributed by atoms with E-state index < -0.39 is 16.1 Å². The molecule has 0 aromatic heterocycles. The Bertz CT molecular complexity index is 1270. The third-order valence-corrected chi connectivity index (χ3v) is 7.60. The molecule has 0 unspecified atom stereocenters. The number of carbonyl (C=O) groups is 1. The Morgan fingerprint density at radius 2 is 1.72 bits per heavy atom. The summed E-state index contributed by atoms with van der Waals surface area (Å²) in [6.45, 7) is 0.396. The molecule has 0 fully saturated rings. The number of fused-ring (bicyclic) bond motifs is 2. The van der Waals surface area contributed by atoms with Gasteiger partial charge in [0.05, 0.1) is 18.0 Å². The Hall–Kier alpha value is -3.32. The first-order chi connectivity index (χ1) is 15.5. The van der Waals surface area contributed by atoms with Crippen LogP contribution < -0.4 is 9.47 Å². The molecule has 1 amide bonds. The molecule has 0 bridgehead atoms. The topological polar surface area (TPSA) is 72.9 Å². The van der Waals surface area contributed by atoms with E-state index in [1.165, 1.54) is 11.6 Å². The standard InChI is InChI=1S/C25H23NO5S/c27-25(31-22-10-9-19-7-4-8-20(19)15-22)26(17-18-5-2-1-3-6-18)32(28,29)23-11-12-24-21(16-23)13-14-30-24/h1-3,5-6,9-12,15-16H,4,7-8,13-14,17H2. The van der Waals surface area contributed by atoms with E-state index in [0.29, 0.717) is 30.1 Å². The lowest BCUT2D eigenvalue weighted by atomic mass is 10.1. The second kappa shape index (κ2) is 8.31. The molecule has 1 aliphatic heterocycles. The molecular weight excluding hydrogens is 426 g/mol. The second-order valence-electron chi connectivity index (χ2n) is 8.02. The van der Waals surface area contributed by atoms with Crippen LogP contribution in [0.1, 0.15) is 28.7 Å². The van der Waals surface area contributed by atoms with Gasteiger partial charge >= 0.3 is 6.09 Å². The van der Waals surface area contributed by atoms with Crippen LogP contribution in [0.15, 0.2) is 71.6 Å². The fourth-order valence-corrected chi connectivity index (χ4v) is 5.55. The third kappa shape index (κ3) is 3.96. The van der Waals surface area contributed by atoms with Crippen molar-refractivity contribution < 1.29 is 22.7 Å². The number of carbonyl (C=O) groups excluding carboxylic acids is 1. The molecule has 164 valence electrons. The SMILES string of the molecule is O=C(Oc1ccc2c(c1)CCC2)N(Cc1ccccc1)S(=O)(=O)c1ccc2c(c1)CCO2. The van der Waals surface area contributed by atoms with Gasteiger partial charge in [0.25, 0.3) is 10.0 Å². The van der Waals surface area contributed by atoms with Gasteiger partial charge in [-0.2, -0.15) is 4.31 Å². The number of sulfonamides is 1. The minimum Gasteiger partial charge on any atom is -0.493 e. The van der Waals surface area contributed by atoms with E-state index in [-0.39, 0.29) is 11.4 Å². The average Bonchev–Trinajstić information content (AvgIpc) is 3.46. The normalized spacial score (nSPS) is 14.4. The van der Waals surface area contributed by atoms with Gasteiger partial charge in [0.15, 0.2) is 0 Å². The molecule has 0 saturated carbocycles. The maximum absolute atomic E-state index is 13.5. The number of hydrogen-bond donors (Lipinski definition) is 0. The molecule has 0 N–H and O–H groups in total. The van der Waals surface area contributed by atoms with E-state index in [9.17, 15) is 13.2 Å². The summed E-state index contributed by atoms with van der Waals surface area (Å²) < 4.78 is 38.9. The Morgan fingerprint density at radius 1 is 0.906 bits per heavy atom. The molecular formula is C25H23NO5S. The Kier molecular flexibility index (Phi) is 5.35. The number of amides is 1. The number of ether oxygens (including phenoxy) is 2. The van der Waals surface area contributed by atoms with Crippen LogP contribution in [0, 0.1) is 0 Å². The number of aryl methyl sites for hydroxylation is 2. The van der Waals surface area contributed by atoms with Gasteiger partial charge in [-0.05, 0) is 71.8 Å². The lowest BCUT2D eigenvalue weighted by Crippen LogP contribution is -2.38. The maximum Gasteiger partial charge on any atom is 0.429 e. The zero-order valence-corrected chi connectivity index (χ0v) is 18.3. The molecule has 6 nitrogen and oxygen atoms in total. The van der Waals surface area contributed by atoms with Crippen molar-refractivity contribution in [2.45, 2.75) is 37.1 Å². The molecule has 0 saturated heterocycles. The summed E-state index contributed by atoms with van der Waals surface area (Å²) in [4.78, 5) is 13.2. The molecule has 2 aliphatic rings. The van der Waals surface area contributed by atoms with E-state index in [0.717, 1.165) is 34.7 Å². The summed E-state index contributed by atoms with van der Waals surface area (Å²) in [7, 11) is -4.15. The largest absolute Gasteiger partial charge is 0.493 e. The minimum absolute atomic E-state index is 0.0450. The van der Waals surface area contributed by atoms with Crippen LogP contribution in [-0.4, -0.2) is 25.4 Å². The van der Waals surface area contributed by atoms with Crippen LogP contribution in [-0.2, 0) is 35.8 Å². The van der Waals surface area contributed by atoms with Crippen molar-refractivity contribution >= 4 is 16.1 Å². The third-order valence-electron chi connectivity index (χ3n) is 5.90. The van der Waals surface area contributed by atoms with Crippen LogP contribution in [0.3, 0.4) is 0 Å². The summed E-state index contributed by atoms with van der Waals surface area (Å²) in [6, 6.07) is 19.2. The lowest BCUT2D eigenvalue weighted by Gasteiger charge is -2.22. The van der Waals surface area contributed by atoms with Crippen LogP contribution in [0.5, 0.6) is 11.5 Å². The zero-order chi connectivity index (χ0) is 22.1. The van der Waals surface area contributed by atoms with Gasteiger partial charge in [0.1, 0.15) is 11.5 Å². The molecule has 1 heterocycles. The molecule has 7 heteroatoms. The summed E-state index contributed by atoms with van der Waals surface area (Å²) in [6.07, 6.45) is 2.73. The van der Waals surface area contributed by atoms with Crippen LogP contribution in [0.25, 0.3) is 0 Å². The predicted octanol–water partition coefficient (Wildman–Crippen LogP) is 4.50. The van der Waals surface area contributed by atoms with Crippen molar-refractivity contribution in [2.75, 3.05) is 6.61 Å². The van der Waals surface area contributed by atoms with E-state index in [1.807, 2.05) is 18.2 Å². The number of hydrogen-bond acceptors (Lipinski definition) is 5. The monoisotopic (exact) mass is 449 g/mol. The first kappa shape index (κ1) is 20.6. The van der Waals surface area contributed by atoms with Crippen molar-refractivity contribution in [1.29, 1.82) is 0 Å². The minimum atomic E-state index is -4.15. The van der Waals surface area contributed by atoms with Crippen LogP contribution in [0.4, 0.5) is 4.79 Å². The van der Waals surface area contributed by atoms with Gasteiger partial charge in [-0.25, -0.2) is 13.2 Å². The van der Waals surface area contributed by atoms with Crippen molar-refractivity contribution in [1.82, 2.24) is 4.31 Å². The second-order valence-corrected chi connectivity index (χ2v) is 9.88. The highest BCUT2D eigenvalue weighted by Crippen LogP contribution is 2.31. The van der Waals surface area contributed by atoms with Crippen molar-refractivity contribution in [2.24, 2.45) is 0 Å². The Morgan fingerprint density at radius 3 is 2.56 bits per heavy atom. The van der Waals surface area contributed by atoms with Crippen molar-refractivity contribution in [3.8, 4) is 11.5 Å². The fraction of sp³-hybridized carbons (Fsp3) is 0.240. The van der Waals surface area contributed by atoms with Crippen molar-refractivity contribution in [3.05, 3.63) is 89.0 Å². The first-order valence-corrected chi connectivity index (χ1v) is 12.1. The number of benzene rings is 3. The van der Waals surface area contributed by atoms with Gasteiger partial charge in [0.2, 0.25) is 0 Å². The molecule has 0 radical (unpaired) electrons. The molecule has 3 aromatic rings. The highest BCUT2D eigenvalue weighted by atomic mass is 32.2. The van der Waals surface area contributed by atoms with Gasteiger partial charge in [0, 0.05) is 6.42 Å². The molecule has 0 atom stereocenters. The molecule has 0 spiro atoms. The van der Waals surface area contributed by atoms with Crippen LogP contribution in [0.2, 0.25) is 0 Å². The van der Waals surface area contributed by atoms with E-state index in [1.54, 1.807) is 42.5 Å². The summed E-state index contributed by atoms with van der Waals surface area (Å²) in [5, 5.41) is 0. The predicted molar refractivity (Wildman–Crippen MR) is 119 cm³/mol. The molecule has 5 rings (SSSR count). The number of rotatable bonds is 5. The smallest absolute Gasteiger partial charge is 0.429 e. The highest BCUT2D eigenvalue weighted by Gasteiger charge is 2.32. The van der Waals surface area contributed by atoms with Gasteiger partial charge in [-0.3, -0.25) is 0 Å². The van der Waals surface area contributed by atoms with E-state index in [4.69, 9.17) is 9.47 Å². The average molecular weight is 450 g/mol. The van der Waals surface area contributed by atoms with Gasteiger partial charge in [-0.1, -0.05) is 36.4 Å². The van der Waals surface area contributed by atoms with Gasteiger partial charge in [-0.15, -0.1) is 0 Å². The van der Waals surface area contributed by atoms with E-state index >= 15 is 0 Å². The Labute approximate surface area is 187 Å². The molecule has 32 heavy (non-hydrogen) atoms. The Balaban J connectivity index is 1.47. The van der Waals surface area contributed by atoms with Crippen molar-refractivity contribution in [3.63, 3.8) is 0 Å². The fourth-order valence-electron chi connectivity index (χ4n) is 4.21.